The predicted octanol–water partition coefficient (Wildman–Crippen LogP) is 3.25. The van der Waals surface area contributed by atoms with Gasteiger partial charge < -0.3 is 5.11 Å². The second kappa shape index (κ2) is 5.77. The molecule has 3 rings (SSSR count). The zero-order valence-electron chi connectivity index (χ0n) is 12.4. The van der Waals surface area contributed by atoms with Gasteiger partial charge in [0.25, 0.3) is 5.78 Å². The van der Waals surface area contributed by atoms with E-state index in [-0.39, 0.29) is 28.8 Å². The van der Waals surface area contributed by atoms with E-state index in [1.54, 1.807) is 0 Å². The third kappa shape index (κ3) is 2.74. The Morgan fingerprint density at radius 2 is 1.96 bits per heavy atom. The summed E-state index contributed by atoms with van der Waals surface area (Å²) >= 11 is 4.31. The van der Waals surface area contributed by atoms with Crippen molar-refractivity contribution >= 4 is 18.4 Å². The van der Waals surface area contributed by atoms with Crippen molar-refractivity contribution in [3.8, 4) is 5.88 Å². The zero-order valence-corrected chi connectivity index (χ0v) is 13.3. The Balaban J connectivity index is 2.10. The number of hydrogen-bond donors (Lipinski definition) is 2. The van der Waals surface area contributed by atoms with Crippen molar-refractivity contribution in [3.05, 3.63) is 53.0 Å². The number of aromatic hydroxyl groups is 1. The SMILES string of the molecule is CC(C)c1nc2nc(C(S)c3cccc(F)c3F)cc(O)n2n1. The second-order valence-corrected chi connectivity index (χ2v) is 5.94. The third-order valence-electron chi connectivity index (χ3n) is 3.40. The largest absolute Gasteiger partial charge is 0.493 e. The summed E-state index contributed by atoms with van der Waals surface area (Å²) in [5, 5.41) is 13.4. The Morgan fingerprint density at radius 1 is 1.22 bits per heavy atom. The van der Waals surface area contributed by atoms with Gasteiger partial charge in [-0.05, 0) is 6.07 Å². The summed E-state index contributed by atoms with van der Waals surface area (Å²) in [5.41, 5.74) is 0.290. The van der Waals surface area contributed by atoms with Crippen LogP contribution in [0.15, 0.2) is 24.3 Å². The maximum Gasteiger partial charge on any atom is 0.255 e. The van der Waals surface area contributed by atoms with Gasteiger partial charge in [0.2, 0.25) is 5.88 Å². The number of thiol groups is 1. The Labute approximate surface area is 136 Å². The number of rotatable bonds is 3. The number of fused-ring (bicyclic) bond motifs is 1. The lowest BCUT2D eigenvalue weighted by Gasteiger charge is -2.12. The van der Waals surface area contributed by atoms with Gasteiger partial charge >= 0.3 is 0 Å². The molecule has 0 aliphatic carbocycles. The van der Waals surface area contributed by atoms with E-state index in [1.165, 1.54) is 22.7 Å². The average molecular weight is 336 g/mol. The van der Waals surface area contributed by atoms with Gasteiger partial charge in [-0.3, -0.25) is 0 Å². The molecule has 8 heteroatoms. The van der Waals surface area contributed by atoms with Crippen molar-refractivity contribution in [1.82, 2.24) is 19.6 Å². The number of benzene rings is 1. The monoisotopic (exact) mass is 336 g/mol. The standard InChI is InChI=1S/C15H14F2N4OS/c1-7(2)14-19-15-18-10(6-11(22)21(15)20-14)13(23)8-4-3-5-9(16)12(8)17/h3-7,13,22-23H,1-2H3. The highest BCUT2D eigenvalue weighted by Crippen LogP contribution is 2.31. The minimum atomic E-state index is -0.988. The van der Waals surface area contributed by atoms with Crippen molar-refractivity contribution in [2.45, 2.75) is 25.0 Å². The summed E-state index contributed by atoms with van der Waals surface area (Å²) in [6, 6.07) is 5.15. The zero-order chi connectivity index (χ0) is 16.7. The summed E-state index contributed by atoms with van der Waals surface area (Å²) in [6.07, 6.45) is 0. The van der Waals surface area contributed by atoms with Crippen LogP contribution in [0.2, 0.25) is 0 Å². The lowest BCUT2D eigenvalue weighted by molar-refractivity contribution is 0.433. The summed E-state index contributed by atoms with van der Waals surface area (Å²) in [5.74, 6) is -1.38. The van der Waals surface area contributed by atoms with E-state index >= 15 is 0 Å². The van der Waals surface area contributed by atoms with Gasteiger partial charge in [0.1, 0.15) is 0 Å². The van der Waals surface area contributed by atoms with Crippen molar-refractivity contribution in [3.63, 3.8) is 0 Å². The van der Waals surface area contributed by atoms with Crippen LogP contribution in [0.5, 0.6) is 5.88 Å². The first kappa shape index (κ1) is 15.7. The first-order valence-corrected chi connectivity index (χ1v) is 7.48. The van der Waals surface area contributed by atoms with E-state index in [2.05, 4.69) is 27.7 Å². The molecule has 0 aliphatic heterocycles. The number of halogens is 2. The van der Waals surface area contributed by atoms with Crippen molar-refractivity contribution in [1.29, 1.82) is 0 Å². The Kier molecular flexibility index (Phi) is 3.93. The molecular weight excluding hydrogens is 322 g/mol. The topological polar surface area (TPSA) is 63.3 Å². The molecule has 5 nitrogen and oxygen atoms in total. The van der Waals surface area contributed by atoms with Crippen LogP contribution in [0.1, 0.15) is 42.1 Å². The Morgan fingerprint density at radius 3 is 2.65 bits per heavy atom. The number of aromatic nitrogens is 4. The van der Waals surface area contributed by atoms with E-state index in [4.69, 9.17) is 0 Å². The molecule has 0 radical (unpaired) electrons. The van der Waals surface area contributed by atoms with Crippen molar-refractivity contribution in [2.24, 2.45) is 0 Å². The molecule has 1 atom stereocenters. The summed E-state index contributed by atoms with van der Waals surface area (Å²) in [6.45, 7) is 3.83. The Bertz CT molecular complexity index is 881. The fourth-order valence-corrected chi connectivity index (χ4v) is 2.49. The predicted molar refractivity (Wildman–Crippen MR) is 83.7 cm³/mol. The molecule has 23 heavy (non-hydrogen) atoms. The van der Waals surface area contributed by atoms with Gasteiger partial charge in [-0.15, -0.1) is 5.10 Å². The molecule has 0 bridgehead atoms. The minimum absolute atomic E-state index is 0.0354. The van der Waals surface area contributed by atoms with Gasteiger partial charge in [0.15, 0.2) is 17.5 Å². The molecule has 2 aromatic heterocycles. The first-order valence-electron chi connectivity index (χ1n) is 6.97. The van der Waals surface area contributed by atoms with Crippen LogP contribution in [0, 0.1) is 11.6 Å². The van der Waals surface area contributed by atoms with Gasteiger partial charge in [-0.2, -0.15) is 22.1 Å². The van der Waals surface area contributed by atoms with E-state index < -0.39 is 16.9 Å². The smallest absolute Gasteiger partial charge is 0.255 e. The molecule has 0 spiro atoms. The maximum atomic E-state index is 13.9. The van der Waals surface area contributed by atoms with Crippen LogP contribution in [0.4, 0.5) is 8.78 Å². The molecule has 0 aliphatic rings. The molecule has 2 heterocycles. The third-order valence-corrected chi connectivity index (χ3v) is 3.94. The van der Waals surface area contributed by atoms with Gasteiger partial charge in [-0.1, -0.05) is 26.0 Å². The van der Waals surface area contributed by atoms with Crippen LogP contribution in [-0.4, -0.2) is 24.7 Å². The minimum Gasteiger partial charge on any atom is -0.493 e. The molecule has 0 amide bonds. The highest BCUT2D eigenvalue weighted by molar-refractivity contribution is 7.80. The first-order chi connectivity index (χ1) is 10.9. The quantitative estimate of drug-likeness (QED) is 0.721. The van der Waals surface area contributed by atoms with Crippen LogP contribution < -0.4 is 0 Å². The molecule has 1 N–H and O–H groups in total. The van der Waals surface area contributed by atoms with Crippen LogP contribution in [-0.2, 0) is 0 Å². The second-order valence-electron chi connectivity index (χ2n) is 5.42. The number of nitrogens with zero attached hydrogens (tertiary/aromatic N) is 4. The van der Waals surface area contributed by atoms with Gasteiger partial charge in [0, 0.05) is 17.5 Å². The van der Waals surface area contributed by atoms with Crippen molar-refractivity contribution < 1.29 is 13.9 Å². The molecule has 1 aromatic carbocycles. The summed E-state index contributed by atoms with van der Waals surface area (Å²) in [4.78, 5) is 8.48. The van der Waals surface area contributed by atoms with E-state index in [1.807, 2.05) is 13.8 Å². The van der Waals surface area contributed by atoms with Gasteiger partial charge in [-0.25, -0.2) is 13.8 Å². The van der Waals surface area contributed by atoms with Crippen molar-refractivity contribution in [2.75, 3.05) is 0 Å². The molecular formula is C15H14F2N4OS. The lowest BCUT2D eigenvalue weighted by Crippen LogP contribution is -2.04. The van der Waals surface area contributed by atoms with Crippen LogP contribution >= 0.6 is 12.6 Å². The Hall–Kier alpha value is -2.22. The normalized spacial score (nSPS) is 13.0. The fraction of sp³-hybridized carbons (Fsp3) is 0.267. The lowest BCUT2D eigenvalue weighted by atomic mass is 10.1. The molecule has 0 saturated carbocycles. The molecule has 120 valence electrons. The summed E-state index contributed by atoms with van der Waals surface area (Å²) < 4.78 is 28.5. The number of hydrogen-bond acceptors (Lipinski definition) is 5. The van der Waals surface area contributed by atoms with E-state index in [0.29, 0.717) is 5.82 Å². The fourth-order valence-electron chi connectivity index (χ4n) is 2.16. The highest BCUT2D eigenvalue weighted by Gasteiger charge is 2.21. The molecule has 0 fully saturated rings. The maximum absolute atomic E-state index is 13.9. The molecule has 0 saturated heterocycles. The highest BCUT2D eigenvalue weighted by atomic mass is 32.1. The van der Waals surface area contributed by atoms with Crippen LogP contribution in [0.3, 0.4) is 0 Å². The molecule has 3 aromatic rings. The average Bonchev–Trinajstić information content (AvgIpc) is 2.94. The van der Waals surface area contributed by atoms with E-state index in [0.717, 1.165) is 6.07 Å². The summed E-state index contributed by atoms with van der Waals surface area (Å²) in [7, 11) is 0. The van der Waals surface area contributed by atoms with E-state index in [9.17, 15) is 13.9 Å². The van der Waals surface area contributed by atoms with Gasteiger partial charge in [0.05, 0.1) is 10.9 Å². The molecule has 1 unspecified atom stereocenters. The van der Waals surface area contributed by atoms with Crippen LogP contribution in [0.25, 0.3) is 5.78 Å².